The van der Waals surface area contributed by atoms with Gasteiger partial charge in [0.2, 0.25) is 0 Å². The normalized spacial score (nSPS) is 12.4. The number of phenols is 1. The summed E-state index contributed by atoms with van der Waals surface area (Å²) in [5.41, 5.74) is 7.19. The zero-order valence-electron chi connectivity index (χ0n) is 9.83. The highest BCUT2D eigenvalue weighted by atomic mass is 35.5. The molecule has 0 unspecified atom stereocenters. The predicted octanol–water partition coefficient (Wildman–Crippen LogP) is 3.31. The summed E-state index contributed by atoms with van der Waals surface area (Å²) in [6, 6.07) is 2.74. The van der Waals surface area contributed by atoms with E-state index in [0.717, 1.165) is 12.0 Å². The molecule has 4 heteroatoms. The number of nitrogens with two attached hydrogens (primary N) is 1. The smallest absolute Gasteiger partial charge is 0.165 e. The lowest BCUT2D eigenvalue weighted by molar-refractivity contribution is 0.411. The van der Waals surface area contributed by atoms with Crippen molar-refractivity contribution >= 4 is 12.4 Å². The van der Waals surface area contributed by atoms with Crippen LogP contribution in [0.4, 0.5) is 4.39 Å². The first-order valence-corrected chi connectivity index (χ1v) is 5.16. The van der Waals surface area contributed by atoms with Crippen molar-refractivity contribution < 1.29 is 9.50 Å². The Hall–Kier alpha value is -0.800. The fraction of sp³-hybridized carbons (Fsp3) is 0.500. The van der Waals surface area contributed by atoms with Gasteiger partial charge in [-0.1, -0.05) is 19.9 Å². The van der Waals surface area contributed by atoms with Crippen molar-refractivity contribution in [2.75, 3.05) is 0 Å². The van der Waals surface area contributed by atoms with E-state index < -0.39 is 5.82 Å². The second-order valence-corrected chi connectivity index (χ2v) is 4.42. The molecule has 1 rings (SSSR count). The van der Waals surface area contributed by atoms with Gasteiger partial charge in [0.15, 0.2) is 11.6 Å². The van der Waals surface area contributed by atoms with Crippen LogP contribution in [0.1, 0.15) is 37.4 Å². The highest BCUT2D eigenvalue weighted by Gasteiger charge is 2.16. The van der Waals surface area contributed by atoms with Crippen molar-refractivity contribution in [3.8, 4) is 5.75 Å². The van der Waals surface area contributed by atoms with Crippen LogP contribution in [0, 0.1) is 18.7 Å². The van der Waals surface area contributed by atoms with Crippen LogP contribution in [-0.2, 0) is 0 Å². The van der Waals surface area contributed by atoms with Crippen LogP contribution >= 0.6 is 12.4 Å². The van der Waals surface area contributed by atoms with Crippen molar-refractivity contribution in [1.82, 2.24) is 0 Å². The first kappa shape index (κ1) is 15.2. The number of halogens is 2. The molecule has 2 nitrogen and oxygen atoms in total. The molecule has 0 aliphatic heterocycles. The van der Waals surface area contributed by atoms with Crippen molar-refractivity contribution in [2.24, 2.45) is 11.7 Å². The maximum absolute atomic E-state index is 13.2. The first-order chi connectivity index (χ1) is 6.91. The number of rotatable bonds is 3. The van der Waals surface area contributed by atoms with Gasteiger partial charge in [-0.3, -0.25) is 0 Å². The van der Waals surface area contributed by atoms with Crippen LogP contribution in [-0.4, -0.2) is 5.11 Å². The second-order valence-electron chi connectivity index (χ2n) is 4.42. The molecule has 0 fully saturated rings. The third kappa shape index (κ3) is 3.65. The molecule has 0 radical (unpaired) electrons. The van der Waals surface area contributed by atoms with E-state index in [0.29, 0.717) is 11.5 Å². The van der Waals surface area contributed by atoms with Crippen LogP contribution < -0.4 is 5.73 Å². The molecule has 0 amide bonds. The Kier molecular flexibility index (Phi) is 5.76. The molecule has 0 heterocycles. The molecule has 92 valence electrons. The third-order valence-corrected chi connectivity index (χ3v) is 2.36. The van der Waals surface area contributed by atoms with E-state index in [-0.39, 0.29) is 24.2 Å². The van der Waals surface area contributed by atoms with E-state index in [2.05, 4.69) is 0 Å². The van der Waals surface area contributed by atoms with Gasteiger partial charge in [-0.15, -0.1) is 12.4 Å². The summed E-state index contributed by atoms with van der Waals surface area (Å²) in [7, 11) is 0. The molecule has 0 aliphatic carbocycles. The van der Waals surface area contributed by atoms with E-state index in [9.17, 15) is 9.50 Å². The summed E-state index contributed by atoms with van der Waals surface area (Å²) in [6.45, 7) is 5.88. The largest absolute Gasteiger partial charge is 0.505 e. The highest BCUT2D eigenvalue weighted by Crippen LogP contribution is 2.30. The maximum Gasteiger partial charge on any atom is 0.165 e. The SMILES string of the molecule is Cc1cc(F)c(O)c([C@@H](N)CC(C)C)c1.Cl. The molecule has 0 bridgehead atoms. The zero-order chi connectivity index (χ0) is 11.6. The van der Waals surface area contributed by atoms with Crippen molar-refractivity contribution in [3.63, 3.8) is 0 Å². The summed E-state index contributed by atoms with van der Waals surface area (Å²) in [6.07, 6.45) is 0.733. The van der Waals surface area contributed by atoms with Gasteiger partial charge in [-0.05, 0) is 30.9 Å². The standard InChI is InChI=1S/C12H18FNO.ClH/c1-7(2)4-11(14)9-5-8(3)6-10(13)12(9)15;/h5-7,11,15H,4,14H2,1-3H3;1H/t11-;/m0./s1. The highest BCUT2D eigenvalue weighted by molar-refractivity contribution is 5.85. The first-order valence-electron chi connectivity index (χ1n) is 5.16. The van der Waals surface area contributed by atoms with Crippen molar-refractivity contribution in [3.05, 3.63) is 29.1 Å². The van der Waals surface area contributed by atoms with Gasteiger partial charge in [-0.2, -0.15) is 0 Å². The Morgan fingerprint density at radius 1 is 1.38 bits per heavy atom. The minimum Gasteiger partial charge on any atom is -0.505 e. The molecule has 0 saturated heterocycles. The predicted molar refractivity (Wildman–Crippen MR) is 66.4 cm³/mol. The number of benzene rings is 1. The molecular formula is C12H19ClFNO. The maximum atomic E-state index is 13.2. The minimum atomic E-state index is -0.593. The fourth-order valence-corrected chi connectivity index (χ4v) is 1.68. The summed E-state index contributed by atoms with van der Waals surface area (Å²) in [5.74, 6) is -0.485. The van der Waals surface area contributed by atoms with Gasteiger partial charge >= 0.3 is 0 Å². The Balaban J connectivity index is 0.00000225. The zero-order valence-corrected chi connectivity index (χ0v) is 10.6. The molecule has 0 aliphatic rings. The molecule has 16 heavy (non-hydrogen) atoms. The van der Waals surface area contributed by atoms with E-state index in [4.69, 9.17) is 5.73 Å². The Morgan fingerprint density at radius 2 is 1.94 bits per heavy atom. The Bertz CT molecular complexity index is 355. The number of aryl methyl sites for hydroxylation is 1. The van der Waals surface area contributed by atoms with Gasteiger partial charge in [0.05, 0.1) is 0 Å². The summed E-state index contributed by atoms with van der Waals surface area (Å²) >= 11 is 0. The lowest BCUT2D eigenvalue weighted by atomic mass is 9.96. The number of hydrogen-bond donors (Lipinski definition) is 2. The molecule has 0 spiro atoms. The average molecular weight is 248 g/mol. The fourth-order valence-electron chi connectivity index (χ4n) is 1.68. The second kappa shape index (κ2) is 6.06. The van der Waals surface area contributed by atoms with Crippen LogP contribution in [0.3, 0.4) is 0 Å². The summed E-state index contributed by atoms with van der Waals surface area (Å²) < 4.78 is 13.2. The lowest BCUT2D eigenvalue weighted by Crippen LogP contribution is -2.13. The van der Waals surface area contributed by atoms with Crippen LogP contribution in [0.5, 0.6) is 5.75 Å². The van der Waals surface area contributed by atoms with Gasteiger partial charge in [-0.25, -0.2) is 4.39 Å². The van der Waals surface area contributed by atoms with Gasteiger partial charge in [0.1, 0.15) is 0 Å². The molecular weight excluding hydrogens is 229 g/mol. The Labute approximate surface area is 102 Å². The number of phenolic OH excluding ortho intramolecular Hbond substituents is 1. The molecule has 1 aromatic rings. The topological polar surface area (TPSA) is 46.2 Å². The average Bonchev–Trinajstić information content (AvgIpc) is 2.09. The van der Waals surface area contributed by atoms with E-state index >= 15 is 0 Å². The molecule has 3 N–H and O–H groups in total. The monoisotopic (exact) mass is 247 g/mol. The molecule has 0 aromatic heterocycles. The van der Waals surface area contributed by atoms with E-state index in [1.807, 2.05) is 13.8 Å². The quantitative estimate of drug-likeness (QED) is 0.861. The summed E-state index contributed by atoms with van der Waals surface area (Å²) in [5, 5.41) is 9.55. The Morgan fingerprint density at radius 3 is 2.44 bits per heavy atom. The molecule has 1 aromatic carbocycles. The van der Waals surface area contributed by atoms with Crippen molar-refractivity contribution in [1.29, 1.82) is 0 Å². The number of hydrogen-bond acceptors (Lipinski definition) is 2. The third-order valence-electron chi connectivity index (χ3n) is 2.36. The number of aromatic hydroxyl groups is 1. The molecule has 0 saturated carbocycles. The van der Waals surface area contributed by atoms with Crippen LogP contribution in [0.15, 0.2) is 12.1 Å². The lowest BCUT2D eigenvalue weighted by Gasteiger charge is -2.16. The van der Waals surface area contributed by atoms with Gasteiger partial charge < -0.3 is 10.8 Å². The van der Waals surface area contributed by atoms with Crippen molar-refractivity contribution in [2.45, 2.75) is 33.2 Å². The minimum absolute atomic E-state index is 0. The van der Waals surface area contributed by atoms with Gasteiger partial charge in [0, 0.05) is 11.6 Å². The van der Waals surface area contributed by atoms with Crippen LogP contribution in [0.25, 0.3) is 0 Å². The van der Waals surface area contributed by atoms with Crippen LogP contribution in [0.2, 0.25) is 0 Å². The molecule has 1 atom stereocenters. The van der Waals surface area contributed by atoms with E-state index in [1.165, 1.54) is 6.07 Å². The van der Waals surface area contributed by atoms with E-state index in [1.54, 1.807) is 13.0 Å². The van der Waals surface area contributed by atoms with Gasteiger partial charge in [0.25, 0.3) is 0 Å². The summed E-state index contributed by atoms with van der Waals surface area (Å²) in [4.78, 5) is 0.